The van der Waals surface area contributed by atoms with Gasteiger partial charge in [0.15, 0.2) is 0 Å². The molecule has 250 valence electrons. The second-order valence-electron chi connectivity index (χ2n) is 14.3. The van der Waals surface area contributed by atoms with Gasteiger partial charge >= 0.3 is 0 Å². The Kier molecular flexibility index (Phi) is 6.97. The van der Waals surface area contributed by atoms with Crippen molar-refractivity contribution >= 4 is 32.3 Å². The van der Waals surface area contributed by atoms with Crippen molar-refractivity contribution in [3.63, 3.8) is 0 Å². The zero-order valence-electron chi connectivity index (χ0n) is 29.6. The van der Waals surface area contributed by atoms with Gasteiger partial charge in [-0.2, -0.15) is 0 Å². The van der Waals surface area contributed by atoms with Gasteiger partial charge in [0.2, 0.25) is 0 Å². The molecule has 10 aromatic rings. The van der Waals surface area contributed by atoms with E-state index in [1.54, 1.807) is 0 Å². The largest absolute Gasteiger partial charge is 0.0622 e. The molecule has 0 N–H and O–H groups in total. The van der Waals surface area contributed by atoms with E-state index in [1.165, 1.54) is 110 Å². The SMILES string of the molecule is c1ccc(-c2ccc(-c3ccccc3)c(-c3cccc4c(-c5ccccc5)c5c(cc34)-c3ccc(-c4cccc6ccccc46)c4cccc-5c34)c2)cc1. The van der Waals surface area contributed by atoms with Crippen molar-refractivity contribution in [2.24, 2.45) is 0 Å². The molecule has 54 heavy (non-hydrogen) atoms. The van der Waals surface area contributed by atoms with Crippen LogP contribution in [0.4, 0.5) is 0 Å². The third-order valence-corrected chi connectivity index (χ3v) is 11.4. The minimum absolute atomic E-state index is 1.21. The Morgan fingerprint density at radius 1 is 0.204 bits per heavy atom. The highest BCUT2D eigenvalue weighted by atomic mass is 14.3. The van der Waals surface area contributed by atoms with Crippen LogP contribution in [0, 0.1) is 0 Å². The maximum Gasteiger partial charge on any atom is -0.00137 e. The molecule has 0 amide bonds. The summed E-state index contributed by atoms with van der Waals surface area (Å²) in [6.45, 7) is 0. The van der Waals surface area contributed by atoms with E-state index in [4.69, 9.17) is 0 Å². The zero-order valence-corrected chi connectivity index (χ0v) is 29.6. The summed E-state index contributed by atoms with van der Waals surface area (Å²) in [6.07, 6.45) is 0. The summed E-state index contributed by atoms with van der Waals surface area (Å²) in [6, 6.07) is 76.0. The standard InChI is InChI=1S/C54H34/c1-4-15-35(16-5-1)39-29-30-41(36-17-6-2-7-18-36)49(33-39)43-25-13-27-46-50(43)34-51-47-32-31-44(42-24-12-22-37-19-10-11-23-40(37)42)45-26-14-28-48(53(45)47)54(51)52(46)38-20-8-3-9-21-38/h1-34H. The van der Waals surface area contributed by atoms with E-state index in [1.807, 2.05) is 0 Å². The van der Waals surface area contributed by atoms with E-state index >= 15 is 0 Å². The highest BCUT2D eigenvalue weighted by molar-refractivity contribution is 6.26. The van der Waals surface area contributed by atoms with Gasteiger partial charge in [-0.15, -0.1) is 0 Å². The van der Waals surface area contributed by atoms with E-state index in [0.717, 1.165) is 0 Å². The van der Waals surface area contributed by atoms with Gasteiger partial charge in [0.1, 0.15) is 0 Å². The Morgan fingerprint density at radius 2 is 0.741 bits per heavy atom. The molecule has 1 aliphatic rings. The smallest absolute Gasteiger partial charge is 0.00137 e. The predicted octanol–water partition coefficient (Wildman–Crippen LogP) is 15.1. The number of hydrogen-bond acceptors (Lipinski definition) is 0. The Balaban J connectivity index is 1.22. The molecule has 10 aromatic carbocycles. The first-order valence-electron chi connectivity index (χ1n) is 18.8. The maximum atomic E-state index is 2.49. The van der Waals surface area contributed by atoms with Crippen LogP contribution in [0.3, 0.4) is 0 Å². The highest BCUT2D eigenvalue weighted by Gasteiger charge is 2.28. The van der Waals surface area contributed by atoms with Crippen LogP contribution in [0.5, 0.6) is 0 Å². The lowest BCUT2D eigenvalue weighted by Crippen LogP contribution is -1.93. The monoisotopic (exact) mass is 682 g/mol. The molecule has 0 aromatic heterocycles. The van der Waals surface area contributed by atoms with Crippen LogP contribution >= 0.6 is 0 Å². The van der Waals surface area contributed by atoms with E-state index in [2.05, 4.69) is 206 Å². The van der Waals surface area contributed by atoms with Gasteiger partial charge in [0.05, 0.1) is 0 Å². The molecule has 0 heteroatoms. The van der Waals surface area contributed by atoms with Crippen molar-refractivity contribution in [3.05, 3.63) is 206 Å². The molecule has 0 radical (unpaired) electrons. The van der Waals surface area contributed by atoms with E-state index in [-0.39, 0.29) is 0 Å². The van der Waals surface area contributed by atoms with Crippen molar-refractivity contribution in [3.8, 4) is 77.9 Å². The van der Waals surface area contributed by atoms with Gasteiger partial charge in [0, 0.05) is 0 Å². The minimum Gasteiger partial charge on any atom is -0.0622 e. The summed E-state index contributed by atoms with van der Waals surface area (Å²) < 4.78 is 0. The molecular formula is C54H34. The average molecular weight is 683 g/mol. The molecule has 0 saturated heterocycles. The van der Waals surface area contributed by atoms with Crippen LogP contribution in [-0.4, -0.2) is 0 Å². The normalized spacial score (nSPS) is 11.7. The van der Waals surface area contributed by atoms with Gasteiger partial charge in [0.25, 0.3) is 0 Å². The maximum absolute atomic E-state index is 2.49. The number of fused-ring (bicyclic) bond motifs is 5. The lowest BCUT2D eigenvalue weighted by Gasteiger charge is -2.19. The molecule has 1 aliphatic carbocycles. The molecule has 0 atom stereocenters. The summed E-state index contributed by atoms with van der Waals surface area (Å²) in [5.41, 5.74) is 17.6. The van der Waals surface area contributed by atoms with E-state index in [9.17, 15) is 0 Å². The van der Waals surface area contributed by atoms with Gasteiger partial charge in [-0.1, -0.05) is 194 Å². The lowest BCUT2D eigenvalue weighted by molar-refractivity contribution is 1.57. The van der Waals surface area contributed by atoms with E-state index in [0.29, 0.717) is 0 Å². The summed E-state index contributed by atoms with van der Waals surface area (Å²) in [5, 5.41) is 7.70. The van der Waals surface area contributed by atoms with Crippen LogP contribution in [0.15, 0.2) is 206 Å². The molecule has 0 nitrogen and oxygen atoms in total. The molecule has 0 unspecified atom stereocenters. The fourth-order valence-electron chi connectivity index (χ4n) is 9.04. The summed E-state index contributed by atoms with van der Waals surface area (Å²) >= 11 is 0. The Labute approximate surface area is 315 Å². The first-order valence-corrected chi connectivity index (χ1v) is 18.8. The number of benzene rings is 10. The first kappa shape index (κ1) is 30.6. The average Bonchev–Trinajstić information content (AvgIpc) is 3.57. The fraction of sp³-hybridized carbons (Fsp3) is 0. The molecule has 0 bridgehead atoms. The third-order valence-electron chi connectivity index (χ3n) is 11.4. The van der Waals surface area contributed by atoms with Crippen molar-refractivity contribution in [1.82, 2.24) is 0 Å². The van der Waals surface area contributed by atoms with Crippen LogP contribution in [0.2, 0.25) is 0 Å². The number of hydrogen-bond donors (Lipinski definition) is 0. The third kappa shape index (κ3) is 4.71. The molecule has 0 fully saturated rings. The first-order chi connectivity index (χ1) is 26.8. The fourth-order valence-corrected chi connectivity index (χ4v) is 9.04. The Morgan fingerprint density at radius 3 is 1.52 bits per heavy atom. The van der Waals surface area contributed by atoms with E-state index < -0.39 is 0 Å². The Bertz CT molecular complexity index is 3060. The predicted molar refractivity (Wildman–Crippen MR) is 231 cm³/mol. The Hall–Kier alpha value is -7.02. The minimum atomic E-state index is 1.21. The summed E-state index contributed by atoms with van der Waals surface area (Å²) in [4.78, 5) is 0. The summed E-state index contributed by atoms with van der Waals surface area (Å²) in [5.74, 6) is 0. The van der Waals surface area contributed by atoms with Crippen LogP contribution < -0.4 is 0 Å². The van der Waals surface area contributed by atoms with Gasteiger partial charge in [-0.25, -0.2) is 0 Å². The van der Waals surface area contributed by atoms with Gasteiger partial charge in [-0.3, -0.25) is 0 Å². The molecule has 0 heterocycles. The van der Waals surface area contributed by atoms with Crippen LogP contribution in [-0.2, 0) is 0 Å². The molecular weight excluding hydrogens is 649 g/mol. The summed E-state index contributed by atoms with van der Waals surface area (Å²) in [7, 11) is 0. The second-order valence-corrected chi connectivity index (χ2v) is 14.3. The van der Waals surface area contributed by atoms with Gasteiger partial charge < -0.3 is 0 Å². The molecule has 11 rings (SSSR count). The van der Waals surface area contributed by atoms with Crippen molar-refractivity contribution in [2.75, 3.05) is 0 Å². The zero-order chi connectivity index (χ0) is 35.6. The van der Waals surface area contributed by atoms with Crippen LogP contribution in [0.1, 0.15) is 0 Å². The van der Waals surface area contributed by atoms with Crippen LogP contribution in [0.25, 0.3) is 110 Å². The van der Waals surface area contributed by atoms with Gasteiger partial charge in [-0.05, 0) is 122 Å². The molecule has 0 saturated carbocycles. The number of rotatable bonds is 5. The lowest BCUT2D eigenvalue weighted by atomic mass is 9.84. The second kappa shape index (κ2) is 12.3. The highest BCUT2D eigenvalue weighted by Crippen LogP contribution is 2.56. The molecule has 0 spiro atoms. The van der Waals surface area contributed by atoms with Crippen molar-refractivity contribution in [2.45, 2.75) is 0 Å². The van der Waals surface area contributed by atoms with Crippen molar-refractivity contribution in [1.29, 1.82) is 0 Å². The topological polar surface area (TPSA) is 0 Å². The quantitative estimate of drug-likeness (QED) is 0.169. The van der Waals surface area contributed by atoms with Crippen molar-refractivity contribution < 1.29 is 0 Å². The molecule has 0 aliphatic heterocycles.